The molecule has 0 N–H and O–H groups in total. The topological polar surface area (TPSA) is 48.2 Å². The molecule has 0 aliphatic heterocycles. The van der Waals surface area contributed by atoms with Crippen LogP contribution in [0.1, 0.15) is 5.89 Å². The molecule has 1 aromatic heterocycles. The highest BCUT2D eigenvalue weighted by Crippen LogP contribution is 2.28. The van der Waals surface area contributed by atoms with Crippen molar-refractivity contribution < 1.29 is 9.15 Å². The summed E-state index contributed by atoms with van der Waals surface area (Å²) in [6.07, 6.45) is 0. The van der Waals surface area contributed by atoms with Crippen molar-refractivity contribution in [2.75, 3.05) is 0 Å². The molecule has 0 radical (unpaired) electrons. The van der Waals surface area contributed by atoms with Gasteiger partial charge in [-0.3, -0.25) is 0 Å². The molecule has 0 spiro atoms. The average molecular weight is 356 g/mol. The van der Waals surface area contributed by atoms with Gasteiger partial charge in [0.15, 0.2) is 6.61 Å². The van der Waals surface area contributed by atoms with Crippen molar-refractivity contribution in [2.24, 2.45) is 0 Å². The minimum Gasteiger partial charge on any atom is -0.482 e. The Morgan fingerprint density at radius 2 is 1.77 bits per heavy atom. The maximum atomic E-state index is 6.02. The molecule has 22 heavy (non-hydrogen) atoms. The van der Waals surface area contributed by atoms with E-state index in [9.17, 15) is 0 Å². The number of ether oxygens (including phenoxy) is 1. The van der Waals surface area contributed by atoms with Gasteiger partial charge in [0.25, 0.3) is 5.89 Å². The standard InChI is InChI=1S/C15H9Cl3N2O2/c16-10-3-1-2-9(6-10)15-20-19-14(22-15)8-21-13-5-4-11(17)7-12(13)18/h1-7H,8H2. The van der Waals surface area contributed by atoms with Crippen molar-refractivity contribution in [3.8, 4) is 17.2 Å². The molecule has 0 bridgehead atoms. The number of rotatable bonds is 4. The third-order valence-electron chi connectivity index (χ3n) is 2.78. The van der Waals surface area contributed by atoms with E-state index in [0.717, 1.165) is 5.56 Å². The molecular weight excluding hydrogens is 347 g/mol. The predicted octanol–water partition coefficient (Wildman–Crippen LogP) is 5.28. The van der Waals surface area contributed by atoms with Gasteiger partial charge in [-0.05, 0) is 36.4 Å². The van der Waals surface area contributed by atoms with E-state index < -0.39 is 0 Å². The Kier molecular flexibility index (Phi) is 4.52. The Hall–Kier alpha value is -1.75. The summed E-state index contributed by atoms with van der Waals surface area (Å²) < 4.78 is 11.1. The fraction of sp³-hybridized carbons (Fsp3) is 0.0667. The molecule has 3 aromatic rings. The summed E-state index contributed by atoms with van der Waals surface area (Å²) in [4.78, 5) is 0. The molecule has 0 amide bonds. The molecule has 112 valence electrons. The molecule has 2 aromatic carbocycles. The van der Waals surface area contributed by atoms with Crippen LogP contribution in [0, 0.1) is 0 Å². The van der Waals surface area contributed by atoms with Crippen LogP contribution in [0.2, 0.25) is 15.1 Å². The summed E-state index contributed by atoms with van der Waals surface area (Å²) in [6.45, 7) is 0.106. The molecule has 0 unspecified atom stereocenters. The van der Waals surface area contributed by atoms with Crippen molar-refractivity contribution >= 4 is 34.8 Å². The van der Waals surface area contributed by atoms with E-state index in [1.165, 1.54) is 0 Å². The molecule has 0 fully saturated rings. The molecule has 0 atom stereocenters. The molecule has 4 nitrogen and oxygen atoms in total. The molecule has 0 saturated heterocycles. The lowest BCUT2D eigenvalue weighted by atomic mass is 10.2. The normalized spacial score (nSPS) is 10.7. The fourth-order valence-electron chi connectivity index (χ4n) is 1.78. The first-order valence-electron chi connectivity index (χ1n) is 6.28. The van der Waals surface area contributed by atoms with Gasteiger partial charge >= 0.3 is 0 Å². The maximum Gasteiger partial charge on any atom is 0.254 e. The number of benzene rings is 2. The highest BCUT2D eigenvalue weighted by Gasteiger charge is 2.10. The van der Waals surface area contributed by atoms with Crippen LogP contribution in [0.5, 0.6) is 5.75 Å². The zero-order valence-corrected chi connectivity index (χ0v) is 13.4. The number of hydrogen-bond acceptors (Lipinski definition) is 4. The van der Waals surface area contributed by atoms with Crippen LogP contribution in [-0.4, -0.2) is 10.2 Å². The third kappa shape index (κ3) is 3.53. The van der Waals surface area contributed by atoms with Crippen LogP contribution in [0.4, 0.5) is 0 Å². The molecule has 1 heterocycles. The van der Waals surface area contributed by atoms with Gasteiger partial charge in [0.2, 0.25) is 5.89 Å². The van der Waals surface area contributed by atoms with Crippen molar-refractivity contribution in [1.29, 1.82) is 0 Å². The SMILES string of the molecule is Clc1cccc(-c2nnc(COc3ccc(Cl)cc3Cl)o2)c1. The molecule has 0 aliphatic carbocycles. The van der Waals surface area contributed by atoms with E-state index in [4.69, 9.17) is 44.0 Å². The van der Waals surface area contributed by atoms with E-state index in [0.29, 0.717) is 32.6 Å². The number of halogens is 3. The van der Waals surface area contributed by atoms with Crippen molar-refractivity contribution in [3.63, 3.8) is 0 Å². The van der Waals surface area contributed by atoms with Gasteiger partial charge in [-0.15, -0.1) is 10.2 Å². The average Bonchev–Trinajstić information content (AvgIpc) is 2.95. The third-order valence-corrected chi connectivity index (χ3v) is 3.55. The van der Waals surface area contributed by atoms with Gasteiger partial charge in [-0.1, -0.05) is 40.9 Å². The number of nitrogens with zero attached hydrogens (tertiary/aromatic N) is 2. The van der Waals surface area contributed by atoms with Crippen LogP contribution in [0.3, 0.4) is 0 Å². The van der Waals surface area contributed by atoms with Crippen molar-refractivity contribution in [3.05, 3.63) is 63.4 Å². The Morgan fingerprint density at radius 1 is 0.955 bits per heavy atom. The minimum absolute atomic E-state index is 0.106. The van der Waals surface area contributed by atoms with E-state index >= 15 is 0 Å². The zero-order valence-electron chi connectivity index (χ0n) is 11.1. The summed E-state index contributed by atoms with van der Waals surface area (Å²) in [5.41, 5.74) is 0.746. The Balaban J connectivity index is 1.72. The molecule has 7 heteroatoms. The quantitative estimate of drug-likeness (QED) is 0.639. The molecular formula is C15H9Cl3N2O2. The Morgan fingerprint density at radius 3 is 2.55 bits per heavy atom. The van der Waals surface area contributed by atoms with Gasteiger partial charge in [0, 0.05) is 15.6 Å². The van der Waals surface area contributed by atoms with E-state index in [1.54, 1.807) is 30.3 Å². The summed E-state index contributed by atoms with van der Waals surface area (Å²) in [5.74, 6) is 1.21. The first-order valence-corrected chi connectivity index (χ1v) is 7.41. The van der Waals surface area contributed by atoms with Crippen LogP contribution in [0.25, 0.3) is 11.5 Å². The second-order valence-electron chi connectivity index (χ2n) is 4.37. The minimum atomic E-state index is 0.106. The van der Waals surface area contributed by atoms with E-state index in [-0.39, 0.29) is 6.61 Å². The first kappa shape index (κ1) is 15.2. The van der Waals surface area contributed by atoms with Gasteiger partial charge in [0.05, 0.1) is 5.02 Å². The van der Waals surface area contributed by atoms with Crippen LogP contribution >= 0.6 is 34.8 Å². The van der Waals surface area contributed by atoms with E-state index in [2.05, 4.69) is 10.2 Å². The van der Waals surface area contributed by atoms with Gasteiger partial charge in [-0.25, -0.2) is 0 Å². The van der Waals surface area contributed by atoms with Gasteiger partial charge in [-0.2, -0.15) is 0 Å². The number of hydrogen-bond donors (Lipinski definition) is 0. The highest BCUT2D eigenvalue weighted by molar-refractivity contribution is 6.35. The van der Waals surface area contributed by atoms with Crippen LogP contribution in [0.15, 0.2) is 46.9 Å². The van der Waals surface area contributed by atoms with Crippen molar-refractivity contribution in [1.82, 2.24) is 10.2 Å². The molecule has 0 aliphatic rings. The maximum absolute atomic E-state index is 6.02. The summed E-state index contributed by atoms with van der Waals surface area (Å²) >= 11 is 17.8. The summed E-state index contributed by atoms with van der Waals surface area (Å²) in [7, 11) is 0. The zero-order chi connectivity index (χ0) is 15.5. The van der Waals surface area contributed by atoms with Gasteiger partial charge in [0.1, 0.15) is 5.75 Å². The second kappa shape index (κ2) is 6.57. The van der Waals surface area contributed by atoms with E-state index in [1.807, 2.05) is 12.1 Å². The summed E-state index contributed by atoms with van der Waals surface area (Å²) in [5, 5.41) is 9.45. The smallest absolute Gasteiger partial charge is 0.254 e. The Bertz CT molecular complexity index is 805. The molecule has 3 rings (SSSR count). The number of aromatic nitrogens is 2. The van der Waals surface area contributed by atoms with Crippen molar-refractivity contribution in [2.45, 2.75) is 6.61 Å². The van der Waals surface area contributed by atoms with Crippen LogP contribution in [-0.2, 0) is 6.61 Å². The first-order chi connectivity index (χ1) is 10.6. The highest BCUT2D eigenvalue weighted by atomic mass is 35.5. The van der Waals surface area contributed by atoms with Crippen LogP contribution < -0.4 is 4.74 Å². The lowest BCUT2D eigenvalue weighted by Gasteiger charge is -2.05. The fourth-order valence-corrected chi connectivity index (χ4v) is 2.44. The lowest BCUT2D eigenvalue weighted by Crippen LogP contribution is -1.96. The Labute approximate surface area is 141 Å². The van der Waals surface area contributed by atoms with Gasteiger partial charge < -0.3 is 9.15 Å². The summed E-state index contributed by atoms with van der Waals surface area (Å²) in [6, 6.07) is 12.1. The predicted molar refractivity (Wildman–Crippen MR) is 85.5 cm³/mol. The molecule has 0 saturated carbocycles. The monoisotopic (exact) mass is 354 g/mol. The largest absolute Gasteiger partial charge is 0.482 e. The second-order valence-corrected chi connectivity index (χ2v) is 5.65. The lowest BCUT2D eigenvalue weighted by molar-refractivity contribution is 0.264.